The van der Waals surface area contributed by atoms with Gasteiger partial charge in [-0.3, -0.25) is 0 Å². The summed E-state index contributed by atoms with van der Waals surface area (Å²) in [5.41, 5.74) is 1.28. The van der Waals surface area contributed by atoms with Gasteiger partial charge in [0.1, 0.15) is 5.75 Å². The van der Waals surface area contributed by atoms with Gasteiger partial charge in [0.15, 0.2) is 0 Å². The number of aromatic hydroxyl groups is 1. The van der Waals surface area contributed by atoms with Gasteiger partial charge in [-0.05, 0) is 44.0 Å². The van der Waals surface area contributed by atoms with Crippen molar-refractivity contribution in [3.05, 3.63) is 29.8 Å². The predicted molar refractivity (Wildman–Crippen MR) is 59.7 cm³/mol. The van der Waals surface area contributed by atoms with Crippen LogP contribution in [0.15, 0.2) is 24.3 Å². The molecule has 1 aromatic carbocycles. The molecule has 1 rings (SSSR count). The topological polar surface area (TPSA) is 32.3 Å². The Morgan fingerprint density at radius 3 is 2.29 bits per heavy atom. The molecule has 0 heterocycles. The summed E-state index contributed by atoms with van der Waals surface area (Å²) in [5, 5.41) is 12.4. The van der Waals surface area contributed by atoms with Crippen molar-refractivity contribution in [1.82, 2.24) is 5.32 Å². The molecule has 78 valence electrons. The Morgan fingerprint density at radius 2 is 1.79 bits per heavy atom. The molecule has 0 fully saturated rings. The third-order valence-electron chi connectivity index (χ3n) is 2.66. The summed E-state index contributed by atoms with van der Waals surface area (Å²) >= 11 is 0. The molecule has 1 aromatic rings. The van der Waals surface area contributed by atoms with Crippen LogP contribution < -0.4 is 5.32 Å². The van der Waals surface area contributed by atoms with Crippen molar-refractivity contribution in [2.45, 2.75) is 32.2 Å². The zero-order valence-electron chi connectivity index (χ0n) is 9.12. The van der Waals surface area contributed by atoms with Crippen LogP contribution in [0.1, 0.15) is 31.7 Å². The first-order valence-electron chi connectivity index (χ1n) is 5.09. The molecular formula is C12H19NO. The van der Waals surface area contributed by atoms with Gasteiger partial charge in [-0.25, -0.2) is 0 Å². The molecule has 2 N–H and O–H groups in total. The lowest BCUT2D eigenvalue weighted by Crippen LogP contribution is -2.22. The zero-order chi connectivity index (χ0) is 10.6. The molecule has 0 radical (unpaired) electrons. The fraction of sp³-hybridized carbons (Fsp3) is 0.500. The number of hydrogen-bond acceptors (Lipinski definition) is 2. The van der Waals surface area contributed by atoms with Crippen LogP contribution in [0.5, 0.6) is 5.75 Å². The lowest BCUT2D eigenvalue weighted by atomic mass is 9.94. The normalized spacial score (nSPS) is 15.1. The molecule has 0 aliphatic rings. The van der Waals surface area contributed by atoms with E-state index in [0.29, 0.717) is 17.7 Å². The molecule has 0 saturated carbocycles. The first-order chi connectivity index (χ1) is 6.63. The number of nitrogens with one attached hydrogen (secondary N) is 1. The zero-order valence-corrected chi connectivity index (χ0v) is 9.12. The fourth-order valence-corrected chi connectivity index (χ4v) is 1.59. The average Bonchev–Trinajstić information content (AvgIpc) is 2.18. The largest absolute Gasteiger partial charge is 0.508 e. The number of benzene rings is 1. The minimum absolute atomic E-state index is 0.336. The summed E-state index contributed by atoms with van der Waals surface area (Å²) in [5.74, 6) is 0.862. The molecule has 0 bridgehead atoms. The Balaban J connectivity index is 2.60. The van der Waals surface area contributed by atoms with Crippen molar-refractivity contribution >= 4 is 0 Å². The van der Waals surface area contributed by atoms with Crippen LogP contribution in [0, 0.1) is 0 Å². The lowest BCUT2D eigenvalue weighted by molar-refractivity contribution is 0.474. The maximum atomic E-state index is 9.15. The van der Waals surface area contributed by atoms with Crippen LogP contribution in [-0.4, -0.2) is 18.2 Å². The summed E-state index contributed by atoms with van der Waals surface area (Å²) in [6, 6.07) is 8.00. The summed E-state index contributed by atoms with van der Waals surface area (Å²) in [6.07, 6.45) is 1.11. The van der Waals surface area contributed by atoms with Crippen molar-refractivity contribution in [3.63, 3.8) is 0 Å². The van der Waals surface area contributed by atoms with Crippen molar-refractivity contribution in [2.24, 2.45) is 0 Å². The number of rotatable bonds is 4. The second kappa shape index (κ2) is 5.01. The van der Waals surface area contributed by atoms with E-state index in [1.54, 1.807) is 12.1 Å². The monoisotopic (exact) mass is 193 g/mol. The van der Waals surface area contributed by atoms with E-state index in [4.69, 9.17) is 5.11 Å². The van der Waals surface area contributed by atoms with E-state index >= 15 is 0 Å². The van der Waals surface area contributed by atoms with Crippen molar-refractivity contribution < 1.29 is 5.11 Å². The highest BCUT2D eigenvalue weighted by Gasteiger charge is 2.08. The minimum Gasteiger partial charge on any atom is -0.508 e. The average molecular weight is 193 g/mol. The van der Waals surface area contributed by atoms with Crippen LogP contribution in [0.3, 0.4) is 0 Å². The molecule has 2 nitrogen and oxygen atoms in total. The molecule has 0 spiro atoms. The van der Waals surface area contributed by atoms with Gasteiger partial charge in [0.05, 0.1) is 0 Å². The maximum Gasteiger partial charge on any atom is 0.115 e. The third-order valence-corrected chi connectivity index (χ3v) is 2.66. The van der Waals surface area contributed by atoms with Crippen LogP contribution in [0.25, 0.3) is 0 Å². The molecule has 0 saturated heterocycles. The Hall–Kier alpha value is -1.02. The molecule has 2 heteroatoms. The highest BCUT2D eigenvalue weighted by atomic mass is 16.3. The van der Waals surface area contributed by atoms with Gasteiger partial charge >= 0.3 is 0 Å². The first-order valence-corrected chi connectivity index (χ1v) is 5.09. The quantitative estimate of drug-likeness (QED) is 0.770. The standard InChI is InChI=1S/C12H19NO/c1-9(8-10(2)13-3)11-4-6-12(14)7-5-11/h4-7,9-10,13-14H,8H2,1-3H3. The van der Waals surface area contributed by atoms with Gasteiger partial charge in [-0.15, -0.1) is 0 Å². The molecule has 0 aliphatic heterocycles. The minimum atomic E-state index is 0.336. The van der Waals surface area contributed by atoms with Crippen LogP contribution in [0.2, 0.25) is 0 Å². The fourth-order valence-electron chi connectivity index (χ4n) is 1.59. The van der Waals surface area contributed by atoms with E-state index in [-0.39, 0.29) is 0 Å². The van der Waals surface area contributed by atoms with Crippen molar-refractivity contribution in [2.75, 3.05) is 7.05 Å². The molecule has 2 unspecified atom stereocenters. The van der Waals surface area contributed by atoms with Gasteiger partial charge in [0.25, 0.3) is 0 Å². The van der Waals surface area contributed by atoms with Gasteiger partial charge in [-0.2, -0.15) is 0 Å². The molecule has 2 atom stereocenters. The Morgan fingerprint density at radius 1 is 1.21 bits per heavy atom. The highest BCUT2D eigenvalue weighted by molar-refractivity contribution is 5.28. The van der Waals surface area contributed by atoms with Crippen LogP contribution >= 0.6 is 0 Å². The Kier molecular flexibility index (Phi) is 3.96. The van der Waals surface area contributed by atoms with Gasteiger partial charge in [-0.1, -0.05) is 19.1 Å². The molecule has 0 amide bonds. The molecule has 14 heavy (non-hydrogen) atoms. The Bertz CT molecular complexity index is 268. The van der Waals surface area contributed by atoms with Crippen molar-refractivity contribution in [3.8, 4) is 5.75 Å². The van der Waals surface area contributed by atoms with E-state index in [0.717, 1.165) is 6.42 Å². The second-order valence-corrected chi connectivity index (χ2v) is 3.92. The smallest absolute Gasteiger partial charge is 0.115 e. The number of phenolic OH excluding ortho intramolecular Hbond substituents is 1. The van der Waals surface area contributed by atoms with Gasteiger partial charge < -0.3 is 10.4 Å². The van der Waals surface area contributed by atoms with E-state index in [1.807, 2.05) is 19.2 Å². The van der Waals surface area contributed by atoms with Crippen molar-refractivity contribution in [1.29, 1.82) is 0 Å². The van der Waals surface area contributed by atoms with Crippen LogP contribution in [0.4, 0.5) is 0 Å². The first kappa shape index (κ1) is 11.1. The summed E-state index contributed by atoms with van der Waals surface area (Å²) in [4.78, 5) is 0. The molecular weight excluding hydrogens is 174 g/mol. The summed E-state index contributed by atoms with van der Waals surface area (Å²) in [6.45, 7) is 4.39. The summed E-state index contributed by atoms with van der Waals surface area (Å²) in [7, 11) is 1.98. The van der Waals surface area contributed by atoms with E-state index in [9.17, 15) is 0 Å². The second-order valence-electron chi connectivity index (χ2n) is 3.92. The highest BCUT2D eigenvalue weighted by Crippen LogP contribution is 2.22. The number of phenols is 1. The Labute approximate surface area is 86.0 Å². The SMILES string of the molecule is CNC(C)CC(C)c1ccc(O)cc1. The van der Waals surface area contributed by atoms with E-state index in [1.165, 1.54) is 5.56 Å². The molecule has 0 aliphatic carbocycles. The third kappa shape index (κ3) is 3.04. The van der Waals surface area contributed by atoms with E-state index in [2.05, 4.69) is 19.2 Å². The number of hydrogen-bond donors (Lipinski definition) is 2. The van der Waals surface area contributed by atoms with E-state index < -0.39 is 0 Å². The molecule has 0 aromatic heterocycles. The van der Waals surface area contributed by atoms with Crippen LogP contribution in [-0.2, 0) is 0 Å². The summed E-state index contributed by atoms with van der Waals surface area (Å²) < 4.78 is 0. The maximum absolute atomic E-state index is 9.15. The lowest BCUT2D eigenvalue weighted by Gasteiger charge is -2.16. The van der Waals surface area contributed by atoms with Gasteiger partial charge in [0.2, 0.25) is 0 Å². The van der Waals surface area contributed by atoms with Gasteiger partial charge in [0, 0.05) is 6.04 Å². The predicted octanol–water partition coefficient (Wildman–Crippen LogP) is 2.49.